The van der Waals surface area contributed by atoms with Gasteiger partial charge < -0.3 is 14.1 Å². The molecule has 0 bridgehead atoms. The quantitative estimate of drug-likeness (QED) is 0.289. The second-order valence-electron chi connectivity index (χ2n) is 9.62. The van der Waals surface area contributed by atoms with Crippen LogP contribution in [0.4, 0.5) is 14.5 Å². The van der Waals surface area contributed by atoms with Crippen LogP contribution in [0.3, 0.4) is 0 Å². The van der Waals surface area contributed by atoms with Crippen molar-refractivity contribution in [2.45, 2.75) is 13.5 Å². The number of pyridine rings is 2. The molecule has 1 spiro atoms. The van der Waals surface area contributed by atoms with Gasteiger partial charge in [0, 0.05) is 80.2 Å². The first-order valence-electron chi connectivity index (χ1n) is 12.0. The van der Waals surface area contributed by atoms with Crippen LogP contribution in [0.1, 0.15) is 23.7 Å². The summed E-state index contributed by atoms with van der Waals surface area (Å²) in [5, 5.41) is 4.10. The summed E-state index contributed by atoms with van der Waals surface area (Å²) in [6, 6.07) is 11.8. The van der Waals surface area contributed by atoms with E-state index in [-0.39, 0.29) is 0 Å². The number of oxime groups is 1. The zero-order valence-electron chi connectivity index (χ0n) is 19.9. The van der Waals surface area contributed by atoms with Gasteiger partial charge in [-0.25, -0.2) is 13.8 Å². The summed E-state index contributed by atoms with van der Waals surface area (Å²) in [7, 11) is 0. The Labute approximate surface area is 207 Å². The molecule has 4 aromatic rings. The zero-order valence-corrected chi connectivity index (χ0v) is 19.9. The van der Waals surface area contributed by atoms with Gasteiger partial charge in [0.15, 0.2) is 11.6 Å². The Morgan fingerprint density at radius 1 is 1.00 bits per heavy atom. The van der Waals surface area contributed by atoms with E-state index in [0.717, 1.165) is 56.1 Å². The highest BCUT2D eigenvalue weighted by Gasteiger charge is 2.51. The van der Waals surface area contributed by atoms with Crippen LogP contribution in [-0.2, 0) is 11.4 Å². The number of fused-ring (bicyclic) bond motifs is 1. The van der Waals surface area contributed by atoms with Gasteiger partial charge in [-0.15, -0.1) is 0 Å². The topological polar surface area (TPSA) is 58.3 Å². The maximum Gasteiger partial charge on any atom is 0.159 e. The molecular weight excluding hydrogens is 462 g/mol. The second-order valence-corrected chi connectivity index (χ2v) is 9.62. The number of imidazole rings is 1. The third-order valence-electron chi connectivity index (χ3n) is 6.87. The third-order valence-corrected chi connectivity index (χ3v) is 6.87. The molecule has 0 unspecified atom stereocenters. The zero-order chi connectivity index (χ0) is 24.7. The molecule has 0 saturated carbocycles. The highest BCUT2D eigenvalue weighted by molar-refractivity contribution is 6.11. The molecule has 2 aliphatic rings. The van der Waals surface area contributed by atoms with E-state index in [1.165, 1.54) is 11.8 Å². The summed E-state index contributed by atoms with van der Waals surface area (Å²) in [6.45, 7) is 7.22. The lowest BCUT2D eigenvalue weighted by molar-refractivity contribution is -0.0273. The number of likely N-dealkylation sites (tertiary alicyclic amines) is 1. The van der Waals surface area contributed by atoms with Crippen LogP contribution in [0, 0.1) is 17.0 Å². The predicted octanol–water partition coefficient (Wildman–Crippen LogP) is 4.12. The fraction of sp³-hybridized carbons (Fsp3) is 0.296. The summed E-state index contributed by atoms with van der Waals surface area (Å²) in [6.07, 6.45) is 7.65. The monoisotopic (exact) mass is 488 g/mol. The number of hydrogen-bond acceptors (Lipinski definition) is 6. The summed E-state index contributed by atoms with van der Waals surface area (Å²) in [5.74, 6) is -1.84. The van der Waals surface area contributed by atoms with Crippen LogP contribution in [-0.4, -0.2) is 57.8 Å². The Kier molecular flexibility index (Phi) is 5.64. The molecule has 3 aromatic heterocycles. The van der Waals surface area contributed by atoms with Crippen molar-refractivity contribution in [2.24, 2.45) is 10.6 Å². The largest absolute Gasteiger partial charge is 0.396 e. The highest BCUT2D eigenvalue weighted by atomic mass is 19.2. The van der Waals surface area contributed by atoms with Crippen LogP contribution in [0.2, 0.25) is 0 Å². The van der Waals surface area contributed by atoms with Crippen LogP contribution < -0.4 is 4.90 Å². The first kappa shape index (κ1) is 22.6. The van der Waals surface area contributed by atoms with Crippen molar-refractivity contribution in [2.75, 3.05) is 37.7 Å². The van der Waals surface area contributed by atoms with E-state index in [1.54, 1.807) is 0 Å². The summed E-state index contributed by atoms with van der Waals surface area (Å²) in [4.78, 5) is 19.0. The molecule has 0 N–H and O–H groups in total. The molecule has 9 heteroatoms. The number of benzene rings is 1. The van der Waals surface area contributed by atoms with Gasteiger partial charge in [0.25, 0.3) is 0 Å². The van der Waals surface area contributed by atoms with Crippen LogP contribution in [0.15, 0.2) is 72.4 Å². The molecule has 0 atom stereocenters. The first-order valence-corrected chi connectivity index (χ1v) is 12.0. The lowest BCUT2D eigenvalue weighted by Crippen LogP contribution is -2.71. The van der Waals surface area contributed by atoms with Crippen LogP contribution in [0.5, 0.6) is 0 Å². The van der Waals surface area contributed by atoms with Crippen LogP contribution >= 0.6 is 0 Å². The van der Waals surface area contributed by atoms with Crippen molar-refractivity contribution < 1.29 is 13.6 Å². The molecule has 36 heavy (non-hydrogen) atoms. The minimum atomic E-state index is -0.934. The fourth-order valence-electron chi connectivity index (χ4n) is 5.19. The molecule has 6 rings (SSSR count). The second kappa shape index (κ2) is 8.98. The number of rotatable bonds is 7. The average molecular weight is 489 g/mol. The number of aromatic nitrogens is 3. The van der Waals surface area contributed by atoms with Gasteiger partial charge >= 0.3 is 0 Å². The van der Waals surface area contributed by atoms with Gasteiger partial charge in [0.1, 0.15) is 18.0 Å². The van der Waals surface area contributed by atoms with Crippen molar-refractivity contribution in [1.82, 2.24) is 19.3 Å². The highest BCUT2D eigenvalue weighted by Crippen LogP contribution is 2.42. The standard InChI is InChI=1S/C27H26F2N6O/c1-2-36-32-26(20-4-5-22(28)23(29)11-20)24-6-3-19(13-31-24)14-33-15-27(16-33)17-35(18-27)21-7-9-34-10-8-30-25(34)12-21/h3-13H,2,14-18H2,1H3. The molecule has 2 saturated heterocycles. The lowest BCUT2D eigenvalue weighted by atomic mass is 9.72. The van der Waals surface area contributed by atoms with E-state index < -0.39 is 11.6 Å². The molecule has 0 radical (unpaired) electrons. The van der Waals surface area contributed by atoms with Gasteiger partial charge in [-0.3, -0.25) is 9.88 Å². The molecule has 2 fully saturated rings. The molecule has 2 aliphatic heterocycles. The maximum absolute atomic E-state index is 13.8. The van der Waals surface area contributed by atoms with Gasteiger partial charge in [-0.2, -0.15) is 0 Å². The fourth-order valence-corrected chi connectivity index (χ4v) is 5.19. The van der Waals surface area contributed by atoms with E-state index in [1.807, 2.05) is 42.0 Å². The van der Waals surface area contributed by atoms with Gasteiger partial charge in [0.2, 0.25) is 0 Å². The van der Waals surface area contributed by atoms with Crippen molar-refractivity contribution in [3.05, 3.63) is 95.7 Å². The molecule has 1 aromatic carbocycles. The smallest absolute Gasteiger partial charge is 0.159 e. The Bertz CT molecular complexity index is 1420. The minimum absolute atomic E-state index is 0.359. The number of anilines is 1. The molecule has 184 valence electrons. The van der Waals surface area contributed by atoms with E-state index in [2.05, 4.69) is 43.3 Å². The summed E-state index contributed by atoms with van der Waals surface area (Å²) >= 11 is 0. The van der Waals surface area contributed by atoms with Crippen molar-refractivity contribution >= 4 is 17.0 Å². The summed E-state index contributed by atoms with van der Waals surface area (Å²) < 4.78 is 29.2. The third kappa shape index (κ3) is 4.19. The average Bonchev–Trinajstić information content (AvgIpc) is 3.31. The molecule has 0 aliphatic carbocycles. The van der Waals surface area contributed by atoms with E-state index in [9.17, 15) is 8.78 Å². The number of nitrogens with zero attached hydrogens (tertiary/aromatic N) is 6. The first-order chi connectivity index (χ1) is 17.5. The Hall–Kier alpha value is -3.85. The molecule has 5 heterocycles. The van der Waals surface area contributed by atoms with Crippen molar-refractivity contribution in [1.29, 1.82) is 0 Å². The molecular formula is C27H26F2N6O. The van der Waals surface area contributed by atoms with Gasteiger partial charge in [-0.05, 0) is 42.8 Å². The molecule has 7 nitrogen and oxygen atoms in total. The number of halogens is 2. The molecule has 0 amide bonds. The summed E-state index contributed by atoms with van der Waals surface area (Å²) in [5.41, 5.74) is 4.97. The Morgan fingerprint density at radius 3 is 2.61 bits per heavy atom. The van der Waals surface area contributed by atoms with E-state index in [0.29, 0.717) is 29.0 Å². The normalized spacial score (nSPS) is 17.3. The van der Waals surface area contributed by atoms with Crippen molar-refractivity contribution in [3.63, 3.8) is 0 Å². The lowest BCUT2D eigenvalue weighted by Gasteiger charge is -2.61. The van der Waals surface area contributed by atoms with Gasteiger partial charge in [-0.1, -0.05) is 11.2 Å². The number of hydrogen-bond donors (Lipinski definition) is 0. The van der Waals surface area contributed by atoms with E-state index >= 15 is 0 Å². The Morgan fingerprint density at radius 2 is 1.86 bits per heavy atom. The van der Waals surface area contributed by atoms with Crippen molar-refractivity contribution in [3.8, 4) is 0 Å². The van der Waals surface area contributed by atoms with Gasteiger partial charge in [0.05, 0.1) is 5.69 Å². The predicted molar refractivity (Wildman–Crippen MR) is 133 cm³/mol. The van der Waals surface area contributed by atoms with Crippen LogP contribution in [0.25, 0.3) is 5.65 Å². The minimum Gasteiger partial charge on any atom is -0.396 e. The maximum atomic E-state index is 13.8. The van der Waals surface area contributed by atoms with E-state index in [4.69, 9.17) is 4.84 Å². The SMILES string of the molecule is CCON=C(c1ccc(F)c(F)c1)c1ccc(CN2CC3(C2)CN(c2ccn4ccnc4c2)C3)cn1. The Balaban J connectivity index is 1.07.